The molecule has 3 N–H and O–H groups in total. The topological polar surface area (TPSA) is 148 Å². The first kappa shape index (κ1) is 28.9. The highest BCUT2D eigenvalue weighted by molar-refractivity contribution is 7.89. The number of fused-ring (bicyclic) bond motifs is 1. The third kappa shape index (κ3) is 5.91. The van der Waals surface area contributed by atoms with Gasteiger partial charge >= 0.3 is 0 Å². The first-order valence-electron chi connectivity index (χ1n) is 13.7. The van der Waals surface area contributed by atoms with Crippen molar-refractivity contribution in [1.29, 1.82) is 0 Å². The molecule has 0 aliphatic heterocycles. The van der Waals surface area contributed by atoms with Gasteiger partial charge in [-0.25, -0.2) is 22.6 Å². The molecule has 12 heteroatoms. The Labute approximate surface area is 238 Å². The van der Waals surface area contributed by atoms with Crippen LogP contribution in [0, 0.1) is 6.92 Å². The summed E-state index contributed by atoms with van der Waals surface area (Å²) < 4.78 is 42.4. The highest BCUT2D eigenvalue weighted by Crippen LogP contribution is 2.35. The highest BCUT2D eigenvalue weighted by atomic mass is 32.2. The fourth-order valence-electron chi connectivity index (χ4n) is 5.42. The molecule has 11 nitrogen and oxygen atoms in total. The second-order valence-electron chi connectivity index (χ2n) is 10.2. The van der Waals surface area contributed by atoms with Gasteiger partial charge in [0.05, 0.1) is 41.5 Å². The minimum absolute atomic E-state index is 0.0609. The summed E-state index contributed by atoms with van der Waals surface area (Å²) in [5, 5.41) is 15.7. The molecule has 218 valence electrons. The van der Waals surface area contributed by atoms with E-state index in [1.807, 2.05) is 13.0 Å². The Balaban J connectivity index is 1.56. The molecule has 1 aliphatic rings. The molecule has 0 radical (unpaired) electrons. The Morgan fingerprint density at radius 2 is 1.90 bits per heavy atom. The lowest BCUT2D eigenvalue weighted by Crippen LogP contribution is -2.42. The van der Waals surface area contributed by atoms with Crippen LogP contribution >= 0.6 is 0 Å². The summed E-state index contributed by atoms with van der Waals surface area (Å²) in [6.45, 7) is 3.86. The Bertz CT molecular complexity index is 1680. The number of aromatic nitrogens is 4. The lowest BCUT2D eigenvalue weighted by molar-refractivity contribution is 0.0800. The molecule has 0 spiro atoms. The summed E-state index contributed by atoms with van der Waals surface area (Å²) in [6.07, 6.45) is 3.00. The number of aliphatic hydroxyl groups excluding tert-OH is 1. The third-order valence-electron chi connectivity index (χ3n) is 7.41. The van der Waals surface area contributed by atoms with Gasteiger partial charge in [0.1, 0.15) is 11.6 Å². The molecular formula is C29H35N5O6S. The summed E-state index contributed by atoms with van der Waals surface area (Å²) in [5.74, 6) is 1.47. The van der Waals surface area contributed by atoms with E-state index in [9.17, 15) is 18.3 Å². The summed E-state index contributed by atoms with van der Waals surface area (Å²) in [5.41, 5.74) is 1.46. The Morgan fingerprint density at radius 3 is 2.59 bits per heavy atom. The number of H-pyrrole nitrogens is 1. The van der Waals surface area contributed by atoms with Gasteiger partial charge in [-0.2, -0.15) is 0 Å². The number of nitrogens with one attached hydrogen (secondary N) is 2. The quantitative estimate of drug-likeness (QED) is 0.244. The fourth-order valence-corrected chi connectivity index (χ4v) is 6.68. The monoisotopic (exact) mass is 581 g/mol. The van der Waals surface area contributed by atoms with Gasteiger partial charge in [0, 0.05) is 13.0 Å². The van der Waals surface area contributed by atoms with Crippen molar-refractivity contribution in [3.05, 3.63) is 76.0 Å². The SMILES string of the molecule is CCOc1ccc(S(=O)(=O)NC(COC)[C@@H](O)c2ccccc2)cc1-c1nn2c(C3CCCC3)nc(C)c2c(=O)[nH]1. The maximum absolute atomic E-state index is 13.6. The van der Waals surface area contributed by atoms with Gasteiger partial charge in [-0.3, -0.25) is 4.79 Å². The molecule has 4 aromatic rings. The summed E-state index contributed by atoms with van der Waals surface area (Å²) >= 11 is 0. The Kier molecular flexibility index (Phi) is 8.55. The number of ether oxygens (including phenoxy) is 2. The van der Waals surface area contributed by atoms with Crippen molar-refractivity contribution < 1.29 is 23.0 Å². The Morgan fingerprint density at radius 1 is 1.17 bits per heavy atom. The second kappa shape index (κ2) is 12.1. The molecule has 1 unspecified atom stereocenters. The zero-order valence-corrected chi connectivity index (χ0v) is 24.1. The van der Waals surface area contributed by atoms with Gasteiger partial charge in [-0.05, 0) is 50.5 Å². The smallest absolute Gasteiger partial charge is 0.277 e. The third-order valence-corrected chi connectivity index (χ3v) is 8.90. The largest absolute Gasteiger partial charge is 0.493 e. The molecule has 5 rings (SSSR count). The van der Waals surface area contributed by atoms with E-state index < -0.39 is 22.2 Å². The number of nitrogens with zero attached hydrogens (tertiary/aromatic N) is 3. The fraction of sp³-hybridized carbons (Fsp3) is 0.414. The maximum atomic E-state index is 13.6. The summed E-state index contributed by atoms with van der Waals surface area (Å²) in [7, 11) is -2.72. The highest BCUT2D eigenvalue weighted by Gasteiger charge is 2.29. The number of methoxy groups -OCH3 is 1. The van der Waals surface area contributed by atoms with Gasteiger partial charge in [0.2, 0.25) is 10.0 Å². The molecule has 2 aromatic carbocycles. The summed E-state index contributed by atoms with van der Waals surface area (Å²) in [6, 6.07) is 12.2. The van der Waals surface area contributed by atoms with Crippen molar-refractivity contribution in [2.24, 2.45) is 0 Å². The molecular weight excluding hydrogens is 546 g/mol. The average molecular weight is 582 g/mol. The lowest BCUT2D eigenvalue weighted by atomic mass is 10.0. The number of rotatable bonds is 11. The van der Waals surface area contributed by atoms with Gasteiger partial charge in [0.25, 0.3) is 5.56 Å². The zero-order valence-electron chi connectivity index (χ0n) is 23.3. The minimum atomic E-state index is -4.15. The van der Waals surface area contributed by atoms with Crippen LogP contribution in [0.15, 0.2) is 58.2 Å². The van der Waals surface area contributed by atoms with Gasteiger partial charge in [-0.15, -0.1) is 5.10 Å². The first-order chi connectivity index (χ1) is 19.7. The molecule has 2 heterocycles. The minimum Gasteiger partial charge on any atom is -0.493 e. The molecule has 2 atom stereocenters. The zero-order chi connectivity index (χ0) is 29.1. The predicted octanol–water partition coefficient (Wildman–Crippen LogP) is 3.48. The molecule has 1 fully saturated rings. The van der Waals surface area contributed by atoms with E-state index in [0.29, 0.717) is 34.7 Å². The average Bonchev–Trinajstić information content (AvgIpc) is 3.61. The van der Waals surface area contributed by atoms with Crippen LogP contribution in [0.25, 0.3) is 16.9 Å². The molecule has 0 amide bonds. The lowest BCUT2D eigenvalue weighted by Gasteiger charge is -2.24. The van der Waals surface area contributed by atoms with Crippen molar-refractivity contribution in [2.75, 3.05) is 20.3 Å². The van der Waals surface area contributed by atoms with Crippen molar-refractivity contribution in [2.45, 2.75) is 62.5 Å². The first-order valence-corrected chi connectivity index (χ1v) is 15.2. The Hall–Kier alpha value is -3.58. The van der Waals surface area contributed by atoms with Crippen LogP contribution in [0.4, 0.5) is 0 Å². The van der Waals surface area contributed by atoms with Crippen molar-refractivity contribution in [1.82, 2.24) is 24.3 Å². The van der Waals surface area contributed by atoms with E-state index in [-0.39, 0.29) is 28.8 Å². The molecule has 2 aromatic heterocycles. The molecule has 0 bridgehead atoms. The number of hydrogen-bond donors (Lipinski definition) is 3. The van der Waals surface area contributed by atoms with E-state index in [2.05, 4.69) is 14.7 Å². The van der Waals surface area contributed by atoms with E-state index in [1.165, 1.54) is 25.3 Å². The molecule has 1 saturated carbocycles. The van der Waals surface area contributed by atoms with Crippen LogP contribution in [-0.2, 0) is 14.8 Å². The van der Waals surface area contributed by atoms with E-state index >= 15 is 0 Å². The number of aryl methyl sites for hydroxylation is 1. The number of hydrogen-bond acceptors (Lipinski definition) is 8. The predicted molar refractivity (Wildman–Crippen MR) is 154 cm³/mol. The number of imidazole rings is 1. The van der Waals surface area contributed by atoms with Gasteiger partial charge in [-0.1, -0.05) is 43.2 Å². The van der Waals surface area contributed by atoms with Crippen LogP contribution < -0.4 is 15.0 Å². The molecule has 0 saturated heterocycles. The van der Waals surface area contributed by atoms with Crippen LogP contribution in [0.3, 0.4) is 0 Å². The van der Waals surface area contributed by atoms with Gasteiger partial charge < -0.3 is 19.6 Å². The van der Waals surface area contributed by atoms with Crippen LogP contribution in [0.1, 0.15) is 61.7 Å². The van der Waals surface area contributed by atoms with E-state index in [1.54, 1.807) is 35.7 Å². The maximum Gasteiger partial charge on any atom is 0.277 e. The van der Waals surface area contributed by atoms with Crippen molar-refractivity contribution >= 4 is 15.5 Å². The normalized spacial score (nSPS) is 15.8. The molecule has 41 heavy (non-hydrogen) atoms. The standard InChI is InChI=1S/C29H35N5O6S/c1-4-40-24-15-14-21(41(37,38)33-23(17-39-3)26(35)19-10-6-5-7-11-19)16-22(24)27-31-29(36)25-18(2)30-28(34(25)32-27)20-12-8-9-13-20/h5-7,10-11,14-16,20,23,26,33,35H,4,8-9,12-13,17H2,1-3H3,(H,31,32,36)/t23?,26-/m0/s1. The number of aromatic amines is 1. The van der Waals surface area contributed by atoms with Crippen LogP contribution in [-0.4, -0.2) is 59.5 Å². The second-order valence-corrected chi connectivity index (χ2v) is 11.9. The van der Waals surface area contributed by atoms with Crippen LogP contribution in [0.5, 0.6) is 5.75 Å². The van der Waals surface area contributed by atoms with E-state index in [4.69, 9.17) is 14.6 Å². The number of aliphatic hydroxyl groups is 1. The number of benzene rings is 2. The van der Waals surface area contributed by atoms with Crippen molar-refractivity contribution in [3.8, 4) is 17.1 Å². The van der Waals surface area contributed by atoms with Crippen LogP contribution in [0.2, 0.25) is 0 Å². The van der Waals surface area contributed by atoms with E-state index in [0.717, 1.165) is 31.5 Å². The number of sulfonamides is 1. The summed E-state index contributed by atoms with van der Waals surface area (Å²) in [4.78, 5) is 20.6. The van der Waals surface area contributed by atoms with Gasteiger partial charge in [0.15, 0.2) is 11.3 Å². The van der Waals surface area contributed by atoms with Crippen molar-refractivity contribution in [3.63, 3.8) is 0 Å². The molecule has 1 aliphatic carbocycles.